The number of H-pyrrole nitrogens is 1. The van der Waals surface area contributed by atoms with Crippen LogP contribution in [0.15, 0.2) is 6.20 Å². The van der Waals surface area contributed by atoms with Gasteiger partial charge in [0, 0.05) is 19.2 Å². The summed E-state index contributed by atoms with van der Waals surface area (Å²) in [7, 11) is 1.45. The summed E-state index contributed by atoms with van der Waals surface area (Å²) in [5.41, 5.74) is 6.33. The molecule has 0 aromatic carbocycles. The summed E-state index contributed by atoms with van der Waals surface area (Å²) in [6.45, 7) is 2.13. The lowest BCUT2D eigenvalue weighted by Crippen LogP contribution is -2.36. The third-order valence-electron chi connectivity index (χ3n) is 2.14. The molecule has 0 aliphatic heterocycles. The molecule has 0 aliphatic rings. The predicted octanol–water partition coefficient (Wildman–Crippen LogP) is -0.116. The van der Waals surface area contributed by atoms with E-state index in [1.807, 2.05) is 6.92 Å². The molecule has 6 nitrogen and oxygen atoms in total. The fourth-order valence-electron chi connectivity index (χ4n) is 1.20. The van der Waals surface area contributed by atoms with Crippen molar-refractivity contribution in [3.63, 3.8) is 0 Å². The lowest BCUT2D eigenvalue weighted by molar-refractivity contribution is -0.125. The summed E-state index contributed by atoms with van der Waals surface area (Å²) in [6, 6.07) is 0. The van der Waals surface area contributed by atoms with Crippen molar-refractivity contribution in [2.45, 2.75) is 19.4 Å². The van der Waals surface area contributed by atoms with Crippen molar-refractivity contribution in [3.8, 4) is 0 Å². The van der Waals surface area contributed by atoms with Gasteiger partial charge in [-0.1, -0.05) is 6.92 Å². The Labute approximate surface area is 88.2 Å². The average Bonchev–Trinajstić information content (AvgIpc) is 2.67. The Kier molecular flexibility index (Phi) is 4.26. The molecule has 1 aromatic heterocycles. The number of nitrogens with zero attached hydrogens (tertiary/aromatic N) is 1. The van der Waals surface area contributed by atoms with E-state index >= 15 is 0 Å². The number of hydrogen-bond acceptors (Lipinski definition) is 4. The van der Waals surface area contributed by atoms with Crippen molar-refractivity contribution in [1.82, 2.24) is 10.2 Å². The van der Waals surface area contributed by atoms with Crippen LogP contribution in [-0.2, 0) is 16.0 Å². The van der Waals surface area contributed by atoms with Crippen LogP contribution in [0.1, 0.15) is 12.5 Å². The second-order valence-corrected chi connectivity index (χ2v) is 3.07. The topological polar surface area (TPSA) is 93.0 Å². The van der Waals surface area contributed by atoms with Gasteiger partial charge in [-0.25, -0.2) is 0 Å². The largest absolute Gasteiger partial charge is 0.370 e. The molecular weight excluding hydrogens is 196 g/mol. The smallest absolute Gasteiger partial charge is 0.255 e. The van der Waals surface area contributed by atoms with E-state index in [0.717, 1.165) is 12.0 Å². The van der Waals surface area contributed by atoms with Crippen molar-refractivity contribution in [3.05, 3.63) is 11.8 Å². The highest BCUT2D eigenvalue weighted by molar-refractivity contribution is 5.94. The first kappa shape index (κ1) is 11.7. The van der Waals surface area contributed by atoms with Gasteiger partial charge >= 0.3 is 0 Å². The normalized spacial score (nSPS) is 12.5. The highest BCUT2D eigenvalue weighted by Gasteiger charge is 2.17. The maximum absolute atomic E-state index is 11.6. The lowest BCUT2D eigenvalue weighted by Gasteiger charge is -2.12. The number of aromatic nitrogens is 2. The van der Waals surface area contributed by atoms with Crippen LogP contribution in [0.25, 0.3) is 0 Å². The molecule has 1 atom stereocenters. The molecule has 0 saturated heterocycles. The number of rotatable bonds is 5. The molecule has 1 rings (SSSR count). The van der Waals surface area contributed by atoms with E-state index in [4.69, 9.17) is 10.5 Å². The van der Waals surface area contributed by atoms with E-state index in [2.05, 4.69) is 15.5 Å². The monoisotopic (exact) mass is 212 g/mol. The standard InChI is InChI=1S/C9H16N4O2/c1-3-6-5-11-13-8(6)12-9(14)7(4-10)15-2/h5,7H,3-4,10H2,1-2H3,(H2,11,12,13,14). The number of aromatic amines is 1. The molecule has 0 aliphatic carbocycles. The zero-order chi connectivity index (χ0) is 11.3. The lowest BCUT2D eigenvalue weighted by atomic mass is 10.2. The zero-order valence-electron chi connectivity index (χ0n) is 8.91. The summed E-state index contributed by atoms with van der Waals surface area (Å²) < 4.78 is 4.91. The first-order chi connectivity index (χ1) is 7.22. The van der Waals surface area contributed by atoms with E-state index in [-0.39, 0.29) is 12.5 Å². The van der Waals surface area contributed by atoms with Crippen LogP contribution in [0.2, 0.25) is 0 Å². The molecular formula is C9H16N4O2. The molecule has 15 heavy (non-hydrogen) atoms. The predicted molar refractivity (Wildman–Crippen MR) is 56.4 cm³/mol. The molecule has 0 fully saturated rings. The number of amides is 1. The molecule has 6 heteroatoms. The minimum absolute atomic E-state index is 0.151. The van der Waals surface area contributed by atoms with Crippen LogP contribution in [-0.4, -0.2) is 35.9 Å². The Hall–Kier alpha value is -1.40. The molecule has 4 N–H and O–H groups in total. The van der Waals surface area contributed by atoms with E-state index in [9.17, 15) is 4.79 Å². The zero-order valence-corrected chi connectivity index (χ0v) is 8.91. The second kappa shape index (κ2) is 5.47. The summed E-state index contributed by atoms with van der Waals surface area (Å²) in [6.07, 6.45) is 1.85. The van der Waals surface area contributed by atoms with E-state index in [1.54, 1.807) is 6.20 Å². The van der Waals surface area contributed by atoms with Gasteiger partial charge in [0.25, 0.3) is 5.91 Å². The molecule has 84 valence electrons. The van der Waals surface area contributed by atoms with Gasteiger partial charge in [0.05, 0.1) is 6.20 Å². The van der Waals surface area contributed by atoms with Gasteiger partial charge in [0.1, 0.15) is 11.9 Å². The number of anilines is 1. The van der Waals surface area contributed by atoms with Gasteiger partial charge in [-0.05, 0) is 6.42 Å². The number of hydrogen-bond donors (Lipinski definition) is 3. The maximum atomic E-state index is 11.6. The van der Waals surface area contributed by atoms with Crippen LogP contribution in [0, 0.1) is 0 Å². The second-order valence-electron chi connectivity index (χ2n) is 3.07. The molecule has 1 heterocycles. The van der Waals surface area contributed by atoms with Crippen LogP contribution in [0.3, 0.4) is 0 Å². The fourth-order valence-corrected chi connectivity index (χ4v) is 1.20. The maximum Gasteiger partial charge on any atom is 0.255 e. The number of carbonyl (C=O) groups excluding carboxylic acids is 1. The summed E-state index contributed by atoms with van der Waals surface area (Å²) >= 11 is 0. The molecule has 1 unspecified atom stereocenters. The Morgan fingerprint density at radius 2 is 2.53 bits per heavy atom. The summed E-state index contributed by atoms with van der Waals surface area (Å²) in [5.74, 6) is 0.344. The van der Waals surface area contributed by atoms with Crippen molar-refractivity contribution in [1.29, 1.82) is 0 Å². The van der Waals surface area contributed by atoms with E-state index < -0.39 is 6.10 Å². The van der Waals surface area contributed by atoms with Crippen molar-refractivity contribution >= 4 is 11.7 Å². The molecule has 0 spiro atoms. The number of methoxy groups -OCH3 is 1. The van der Waals surface area contributed by atoms with Crippen molar-refractivity contribution < 1.29 is 9.53 Å². The third-order valence-corrected chi connectivity index (χ3v) is 2.14. The van der Waals surface area contributed by atoms with Gasteiger partial charge in [0.2, 0.25) is 0 Å². The number of carbonyl (C=O) groups is 1. The number of aryl methyl sites for hydroxylation is 1. The molecule has 0 saturated carbocycles. The van der Waals surface area contributed by atoms with Gasteiger partial charge in [-0.3, -0.25) is 9.89 Å². The third kappa shape index (κ3) is 2.77. The van der Waals surface area contributed by atoms with Crippen molar-refractivity contribution in [2.24, 2.45) is 5.73 Å². The molecule has 1 amide bonds. The van der Waals surface area contributed by atoms with E-state index in [1.165, 1.54) is 7.11 Å². The van der Waals surface area contributed by atoms with Crippen LogP contribution in [0.5, 0.6) is 0 Å². The first-order valence-electron chi connectivity index (χ1n) is 4.78. The fraction of sp³-hybridized carbons (Fsp3) is 0.556. The molecule has 0 radical (unpaired) electrons. The van der Waals surface area contributed by atoms with Crippen LogP contribution >= 0.6 is 0 Å². The average molecular weight is 212 g/mol. The summed E-state index contributed by atoms with van der Waals surface area (Å²) in [4.78, 5) is 11.6. The molecule has 1 aromatic rings. The van der Waals surface area contributed by atoms with Gasteiger partial charge in [-0.15, -0.1) is 0 Å². The Morgan fingerprint density at radius 1 is 1.80 bits per heavy atom. The number of nitrogens with two attached hydrogens (primary N) is 1. The highest BCUT2D eigenvalue weighted by Crippen LogP contribution is 2.11. The summed E-state index contributed by atoms with van der Waals surface area (Å²) in [5, 5.41) is 9.24. The Morgan fingerprint density at radius 3 is 3.07 bits per heavy atom. The van der Waals surface area contributed by atoms with Crippen LogP contribution < -0.4 is 11.1 Å². The SMILES string of the molecule is CCc1cn[nH]c1NC(=O)C(CN)OC. The minimum Gasteiger partial charge on any atom is -0.370 e. The number of ether oxygens (including phenoxy) is 1. The van der Waals surface area contributed by atoms with E-state index in [0.29, 0.717) is 5.82 Å². The minimum atomic E-state index is -0.627. The number of nitrogens with one attached hydrogen (secondary N) is 2. The van der Waals surface area contributed by atoms with Gasteiger partial charge < -0.3 is 15.8 Å². The molecule has 0 bridgehead atoms. The highest BCUT2D eigenvalue weighted by atomic mass is 16.5. The van der Waals surface area contributed by atoms with Crippen molar-refractivity contribution in [2.75, 3.05) is 19.0 Å². The Bertz CT molecular complexity index is 320. The quantitative estimate of drug-likeness (QED) is 0.634. The van der Waals surface area contributed by atoms with Gasteiger partial charge in [-0.2, -0.15) is 5.10 Å². The van der Waals surface area contributed by atoms with Crippen LogP contribution in [0.4, 0.5) is 5.82 Å². The van der Waals surface area contributed by atoms with Gasteiger partial charge in [0.15, 0.2) is 0 Å². The first-order valence-corrected chi connectivity index (χ1v) is 4.78. The Balaban J connectivity index is 2.65.